The molecule has 0 aliphatic carbocycles. The molecular formula is C19H21ClN2O4S. The van der Waals surface area contributed by atoms with Crippen molar-refractivity contribution in [3.8, 4) is 0 Å². The molecule has 0 atom stereocenters. The van der Waals surface area contributed by atoms with E-state index in [0.29, 0.717) is 27.2 Å². The van der Waals surface area contributed by atoms with Gasteiger partial charge in [-0.25, -0.2) is 4.79 Å². The number of anilines is 2. The van der Waals surface area contributed by atoms with Gasteiger partial charge in [0.1, 0.15) is 0 Å². The Kier molecular flexibility index (Phi) is 7.82. The third kappa shape index (κ3) is 7.40. The molecule has 0 bridgehead atoms. The van der Waals surface area contributed by atoms with Crippen LogP contribution in [0.3, 0.4) is 0 Å². The van der Waals surface area contributed by atoms with Gasteiger partial charge in [-0.05, 0) is 36.2 Å². The van der Waals surface area contributed by atoms with E-state index in [2.05, 4.69) is 10.6 Å². The van der Waals surface area contributed by atoms with Crippen LogP contribution >= 0.6 is 22.9 Å². The maximum atomic E-state index is 12.1. The molecule has 1 aromatic carbocycles. The number of amides is 2. The minimum atomic E-state index is -0.549. The van der Waals surface area contributed by atoms with Crippen LogP contribution in [0.15, 0.2) is 36.4 Å². The predicted molar refractivity (Wildman–Crippen MR) is 108 cm³/mol. The highest BCUT2D eigenvalue weighted by Gasteiger charge is 2.12. The molecule has 1 aromatic heterocycles. The van der Waals surface area contributed by atoms with Crippen LogP contribution in [0.4, 0.5) is 16.2 Å². The van der Waals surface area contributed by atoms with Crippen molar-refractivity contribution in [3.63, 3.8) is 0 Å². The van der Waals surface area contributed by atoms with Gasteiger partial charge in [0.15, 0.2) is 5.78 Å². The first-order valence-electron chi connectivity index (χ1n) is 8.45. The van der Waals surface area contributed by atoms with Gasteiger partial charge in [0.2, 0.25) is 5.91 Å². The number of rotatable bonds is 8. The molecule has 2 aromatic rings. The van der Waals surface area contributed by atoms with Crippen molar-refractivity contribution >= 4 is 52.1 Å². The first-order chi connectivity index (χ1) is 12.8. The molecule has 0 unspecified atom stereocenters. The predicted octanol–water partition coefficient (Wildman–Crippen LogP) is 5.21. The summed E-state index contributed by atoms with van der Waals surface area (Å²) in [4.78, 5) is 36.3. The molecule has 0 saturated heterocycles. The molecule has 0 radical (unpaired) electrons. The van der Waals surface area contributed by atoms with E-state index < -0.39 is 6.09 Å². The van der Waals surface area contributed by atoms with E-state index in [4.69, 9.17) is 16.3 Å². The molecule has 0 spiro atoms. The number of halogens is 1. The lowest BCUT2D eigenvalue weighted by molar-refractivity contribution is -0.116. The van der Waals surface area contributed by atoms with Gasteiger partial charge < -0.3 is 10.1 Å². The van der Waals surface area contributed by atoms with Crippen LogP contribution in [0, 0.1) is 5.92 Å². The van der Waals surface area contributed by atoms with E-state index in [1.54, 1.807) is 36.4 Å². The maximum absolute atomic E-state index is 12.1. The van der Waals surface area contributed by atoms with Crippen molar-refractivity contribution in [2.45, 2.75) is 26.7 Å². The van der Waals surface area contributed by atoms with Gasteiger partial charge in [0, 0.05) is 24.2 Å². The van der Waals surface area contributed by atoms with Crippen molar-refractivity contribution in [1.29, 1.82) is 0 Å². The molecule has 27 heavy (non-hydrogen) atoms. The highest BCUT2D eigenvalue weighted by atomic mass is 35.5. The van der Waals surface area contributed by atoms with Gasteiger partial charge in [-0.2, -0.15) is 0 Å². The molecule has 144 valence electrons. The monoisotopic (exact) mass is 408 g/mol. The van der Waals surface area contributed by atoms with E-state index in [9.17, 15) is 14.4 Å². The second kappa shape index (κ2) is 10.1. The first kappa shape index (κ1) is 20.9. The fourth-order valence-corrected chi connectivity index (χ4v) is 3.12. The van der Waals surface area contributed by atoms with Crippen LogP contribution in [0.5, 0.6) is 0 Å². The lowest BCUT2D eigenvalue weighted by Gasteiger charge is -2.10. The number of nitrogens with one attached hydrogen (secondary N) is 2. The lowest BCUT2D eigenvalue weighted by Crippen LogP contribution is -2.17. The minimum absolute atomic E-state index is 0.0580. The molecule has 0 aliphatic rings. The number of hydrogen-bond acceptors (Lipinski definition) is 5. The number of thiophene rings is 1. The molecular weight excluding hydrogens is 388 g/mol. The topological polar surface area (TPSA) is 84.5 Å². The molecule has 2 rings (SSSR count). The highest BCUT2D eigenvalue weighted by Crippen LogP contribution is 2.23. The minimum Gasteiger partial charge on any atom is -0.449 e. The SMILES string of the molecule is CC(C)COC(=O)Nc1cccc(NC(=O)CCC(=O)c2ccc(Cl)s2)c1. The average molecular weight is 409 g/mol. The zero-order chi connectivity index (χ0) is 19.8. The lowest BCUT2D eigenvalue weighted by atomic mass is 10.2. The van der Waals surface area contributed by atoms with E-state index >= 15 is 0 Å². The van der Waals surface area contributed by atoms with Gasteiger partial charge in [0.25, 0.3) is 0 Å². The number of carbonyl (C=O) groups is 3. The zero-order valence-electron chi connectivity index (χ0n) is 15.1. The van der Waals surface area contributed by atoms with E-state index in [1.807, 2.05) is 13.8 Å². The number of hydrogen-bond donors (Lipinski definition) is 2. The average Bonchev–Trinajstić information content (AvgIpc) is 3.05. The van der Waals surface area contributed by atoms with E-state index in [0.717, 1.165) is 0 Å². The molecule has 8 heteroatoms. The number of ether oxygens (including phenoxy) is 1. The standard InChI is InChI=1S/C19H21ClN2O4S/c1-12(2)11-26-19(25)22-14-5-3-4-13(10-14)21-18(24)9-6-15(23)16-7-8-17(20)27-16/h3-5,7-8,10,12H,6,9,11H2,1-2H3,(H,21,24)(H,22,25). The summed E-state index contributed by atoms with van der Waals surface area (Å²) in [5, 5.41) is 5.32. The van der Waals surface area contributed by atoms with E-state index in [-0.39, 0.29) is 30.4 Å². The smallest absolute Gasteiger partial charge is 0.411 e. The van der Waals surface area contributed by atoms with Gasteiger partial charge in [-0.1, -0.05) is 31.5 Å². The van der Waals surface area contributed by atoms with Gasteiger partial charge in [0.05, 0.1) is 15.8 Å². The normalized spacial score (nSPS) is 10.5. The Hall–Kier alpha value is -2.38. The Morgan fingerprint density at radius 3 is 2.41 bits per heavy atom. The summed E-state index contributed by atoms with van der Waals surface area (Å²) in [7, 11) is 0. The molecule has 0 saturated carbocycles. The Morgan fingerprint density at radius 2 is 1.78 bits per heavy atom. The molecule has 2 N–H and O–H groups in total. The summed E-state index contributed by atoms with van der Waals surface area (Å²) in [6.45, 7) is 4.22. The van der Waals surface area contributed by atoms with Crippen molar-refractivity contribution in [1.82, 2.24) is 0 Å². The molecule has 0 aliphatic heterocycles. The third-order valence-corrected chi connectivity index (χ3v) is 4.64. The van der Waals surface area contributed by atoms with Crippen LogP contribution in [0.1, 0.15) is 36.4 Å². The van der Waals surface area contributed by atoms with Crippen LogP contribution in [-0.2, 0) is 9.53 Å². The largest absolute Gasteiger partial charge is 0.449 e. The quantitative estimate of drug-likeness (QED) is 0.587. The number of Topliss-reactive ketones (excluding diaryl/α,β-unsaturated/α-hetero) is 1. The van der Waals surface area contributed by atoms with Crippen molar-refractivity contribution in [3.05, 3.63) is 45.6 Å². The summed E-state index contributed by atoms with van der Waals surface area (Å²) in [5.74, 6) is -0.162. The Bertz CT molecular complexity index is 820. The Morgan fingerprint density at radius 1 is 1.07 bits per heavy atom. The maximum Gasteiger partial charge on any atom is 0.411 e. The number of ketones is 1. The van der Waals surface area contributed by atoms with Gasteiger partial charge in [-0.15, -0.1) is 11.3 Å². The van der Waals surface area contributed by atoms with Crippen LogP contribution in [0.2, 0.25) is 4.34 Å². The number of benzene rings is 1. The summed E-state index contributed by atoms with van der Waals surface area (Å²) in [5.41, 5.74) is 1.03. The summed E-state index contributed by atoms with van der Waals surface area (Å²) in [6, 6.07) is 10.0. The Labute approximate surface area is 166 Å². The van der Waals surface area contributed by atoms with Crippen LogP contribution < -0.4 is 10.6 Å². The second-order valence-corrected chi connectivity index (χ2v) is 7.99. The van der Waals surface area contributed by atoms with Crippen molar-refractivity contribution in [2.75, 3.05) is 17.2 Å². The summed E-state index contributed by atoms with van der Waals surface area (Å²) >= 11 is 7.01. The molecule has 0 fully saturated rings. The highest BCUT2D eigenvalue weighted by molar-refractivity contribution is 7.18. The van der Waals surface area contributed by atoms with Crippen molar-refractivity contribution in [2.24, 2.45) is 5.92 Å². The molecule has 6 nitrogen and oxygen atoms in total. The first-order valence-corrected chi connectivity index (χ1v) is 9.65. The number of carbonyl (C=O) groups excluding carboxylic acids is 3. The summed E-state index contributed by atoms with van der Waals surface area (Å²) in [6.07, 6.45) is -0.391. The van der Waals surface area contributed by atoms with Gasteiger partial charge >= 0.3 is 6.09 Å². The Balaban J connectivity index is 1.83. The third-order valence-electron chi connectivity index (χ3n) is 3.37. The zero-order valence-corrected chi connectivity index (χ0v) is 16.7. The molecule has 1 heterocycles. The second-order valence-electron chi connectivity index (χ2n) is 6.27. The molecule has 2 amide bonds. The van der Waals surface area contributed by atoms with Crippen LogP contribution in [-0.4, -0.2) is 24.4 Å². The van der Waals surface area contributed by atoms with Crippen molar-refractivity contribution < 1.29 is 19.1 Å². The summed E-state index contributed by atoms with van der Waals surface area (Å²) < 4.78 is 5.59. The fraction of sp³-hybridized carbons (Fsp3) is 0.316. The van der Waals surface area contributed by atoms with Crippen LogP contribution in [0.25, 0.3) is 0 Å². The fourth-order valence-electron chi connectivity index (χ4n) is 2.11. The van der Waals surface area contributed by atoms with Gasteiger partial charge in [-0.3, -0.25) is 14.9 Å². The van der Waals surface area contributed by atoms with E-state index in [1.165, 1.54) is 11.3 Å².